The van der Waals surface area contributed by atoms with E-state index in [1.165, 1.54) is 36.2 Å². The number of carbonyl (C=O) groups excluding carboxylic acids is 3. The summed E-state index contributed by atoms with van der Waals surface area (Å²) >= 11 is 0. The second-order valence-electron chi connectivity index (χ2n) is 6.24. The summed E-state index contributed by atoms with van der Waals surface area (Å²) in [6.07, 6.45) is 0. The molecule has 2 aromatic rings. The summed E-state index contributed by atoms with van der Waals surface area (Å²) < 4.78 is 12.9. The van der Waals surface area contributed by atoms with Crippen LogP contribution in [0.1, 0.15) is 21.5 Å². The molecule has 0 heterocycles. The molecule has 0 aliphatic rings. The van der Waals surface area contributed by atoms with Crippen molar-refractivity contribution in [3.63, 3.8) is 0 Å². The number of anilines is 1. The second-order valence-corrected chi connectivity index (χ2v) is 6.24. The van der Waals surface area contributed by atoms with E-state index in [4.69, 9.17) is 0 Å². The van der Waals surface area contributed by atoms with E-state index < -0.39 is 17.6 Å². The van der Waals surface area contributed by atoms with E-state index in [9.17, 15) is 18.8 Å². The van der Waals surface area contributed by atoms with Gasteiger partial charge in [-0.15, -0.1) is 0 Å². The van der Waals surface area contributed by atoms with Gasteiger partial charge in [0, 0.05) is 18.3 Å². The Morgan fingerprint density at radius 1 is 1.04 bits per heavy atom. The third kappa shape index (κ3) is 5.64. The van der Waals surface area contributed by atoms with Crippen LogP contribution >= 0.6 is 0 Å². The van der Waals surface area contributed by atoms with Crippen molar-refractivity contribution in [3.05, 3.63) is 65.0 Å². The van der Waals surface area contributed by atoms with Gasteiger partial charge in [-0.3, -0.25) is 14.4 Å². The molecule has 2 N–H and O–H groups in total. The lowest BCUT2D eigenvalue weighted by Crippen LogP contribution is -2.41. The van der Waals surface area contributed by atoms with Crippen LogP contribution in [0.15, 0.2) is 42.5 Å². The zero-order valence-corrected chi connectivity index (χ0v) is 15.5. The Kier molecular flexibility index (Phi) is 6.65. The molecule has 6 nitrogen and oxygen atoms in total. The highest BCUT2D eigenvalue weighted by molar-refractivity contribution is 5.98. The molecule has 27 heavy (non-hydrogen) atoms. The van der Waals surface area contributed by atoms with Gasteiger partial charge in [-0.1, -0.05) is 12.1 Å². The van der Waals surface area contributed by atoms with E-state index in [-0.39, 0.29) is 24.6 Å². The van der Waals surface area contributed by atoms with E-state index in [0.29, 0.717) is 5.69 Å². The second kappa shape index (κ2) is 8.93. The van der Waals surface area contributed by atoms with E-state index >= 15 is 0 Å². The van der Waals surface area contributed by atoms with Crippen LogP contribution < -0.4 is 10.6 Å². The Bertz CT molecular complexity index is 850. The number of nitrogens with zero attached hydrogens (tertiary/aromatic N) is 1. The average Bonchev–Trinajstić information content (AvgIpc) is 2.63. The lowest BCUT2D eigenvalue weighted by molar-refractivity contribution is -0.132. The van der Waals surface area contributed by atoms with Crippen molar-refractivity contribution in [2.24, 2.45) is 0 Å². The quantitative estimate of drug-likeness (QED) is 0.818. The number of carbonyl (C=O) groups is 3. The third-order valence-electron chi connectivity index (χ3n) is 4.19. The zero-order valence-electron chi connectivity index (χ0n) is 15.5. The van der Waals surface area contributed by atoms with Crippen LogP contribution in [-0.2, 0) is 9.59 Å². The Morgan fingerprint density at radius 3 is 2.37 bits per heavy atom. The van der Waals surface area contributed by atoms with Crippen molar-refractivity contribution in [2.75, 3.05) is 25.5 Å². The van der Waals surface area contributed by atoms with Crippen LogP contribution in [-0.4, -0.2) is 42.8 Å². The van der Waals surface area contributed by atoms with E-state index in [0.717, 1.165) is 11.1 Å². The van der Waals surface area contributed by atoms with Crippen LogP contribution in [0.25, 0.3) is 0 Å². The van der Waals surface area contributed by atoms with Crippen molar-refractivity contribution in [1.82, 2.24) is 10.2 Å². The van der Waals surface area contributed by atoms with E-state index in [2.05, 4.69) is 10.6 Å². The van der Waals surface area contributed by atoms with Crippen LogP contribution in [0.2, 0.25) is 0 Å². The molecule has 0 fully saturated rings. The first kappa shape index (κ1) is 20.1. The Hall–Kier alpha value is -3.22. The molecule has 2 rings (SSSR count). The first-order valence-electron chi connectivity index (χ1n) is 8.41. The van der Waals surface area contributed by atoms with Gasteiger partial charge in [0.05, 0.1) is 13.1 Å². The summed E-state index contributed by atoms with van der Waals surface area (Å²) in [5.74, 6) is -1.68. The molecule has 0 aliphatic carbocycles. The van der Waals surface area contributed by atoms with Gasteiger partial charge < -0.3 is 15.5 Å². The van der Waals surface area contributed by atoms with Crippen molar-refractivity contribution in [1.29, 1.82) is 0 Å². The normalized spacial score (nSPS) is 10.2. The molecule has 0 saturated heterocycles. The highest BCUT2D eigenvalue weighted by atomic mass is 19.1. The summed E-state index contributed by atoms with van der Waals surface area (Å²) in [5, 5.41) is 5.23. The summed E-state index contributed by atoms with van der Waals surface area (Å²) in [6, 6.07) is 10.6. The number of hydrogen-bond acceptors (Lipinski definition) is 3. The van der Waals surface area contributed by atoms with Gasteiger partial charge in [0.15, 0.2) is 0 Å². The third-order valence-corrected chi connectivity index (χ3v) is 4.19. The summed E-state index contributed by atoms with van der Waals surface area (Å²) in [5.41, 5.74) is 2.97. The van der Waals surface area contributed by atoms with Crippen molar-refractivity contribution < 1.29 is 18.8 Å². The maximum Gasteiger partial charge on any atom is 0.251 e. The number of likely N-dealkylation sites (N-methyl/N-ethyl adjacent to an activating group) is 1. The Morgan fingerprint density at radius 2 is 1.70 bits per heavy atom. The van der Waals surface area contributed by atoms with Gasteiger partial charge in [0.25, 0.3) is 5.91 Å². The minimum Gasteiger partial charge on any atom is -0.343 e. The van der Waals surface area contributed by atoms with Gasteiger partial charge in [-0.05, 0) is 55.3 Å². The van der Waals surface area contributed by atoms with Gasteiger partial charge in [-0.2, -0.15) is 0 Å². The fraction of sp³-hybridized carbons (Fsp3) is 0.250. The minimum atomic E-state index is -0.489. The van der Waals surface area contributed by atoms with Crippen LogP contribution in [0.5, 0.6) is 0 Å². The Balaban J connectivity index is 1.84. The molecule has 0 spiro atoms. The average molecular weight is 371 g/mol. The van der Waals surface area contributed by atoms with Crippen LogP contribution in [0.4, 0.5) is 10.1 Å². The maximum atomic E-state index is 12.9. The van der Waals surface area contributed by atoms with Gasteiger partial charge >= 0.3 is 0 Å². The largest absolute Gasteiger partial charge is 0.343 e. The molecule has 0 unspecified atom stereocenters. The molecule has 0 bridgehead atoms. The molecule has 7 heteroatoms. The molecule has 0 radical (unpaired) electrons. The first-order valence-corrected chi connectivity index (χ1v) is 8.41. The lowest BCUT2D eigenvalue weighted by atomic mass is 10.1. The Labute approximate surface area is 157 Å². The molecule has 0 aromatic heterocycles. The highest BCUT2D eigenvalue weighted by Crippen LogP contribution is 2.17. The number of benzene rings is 2. The number of aryl methyl sites for hydroxylation is 1. The predicted molar refractivity (Wildman–Crippen MR) is 101 cm³/mol. The number of nitrogens with one attached hydrogen (secondary N) is 2. The standard InChI is InChI=1S/C20H22FN3O3/c1-13-5-4-6-17(14(13)2)23-18(25)12-24(3)19(26)11-22-20(27)15-7-9-16(21)10-8-15/h4-10H,11-12H2,1-3H3,(H,22,27)(H,23,25). The summed E-state index contributed by atoms with van der Waals surface area (Å²) in [6.45, 7) is 3.46. The van der Waals surface area contributed by atoms with Crippen molar-refractivity contribution >= 4 is 23.4 Å². The van der Waals surface area contributed by atoms with Gasteiger partial charge in [-0.25, -0.2) is 4.39 Å². The number of rotatable bonds is 6. The number of amides is 3. The molecule has 0 aliphatic heterocycles. The van der Waals surface area contributed by atoms with Crippen LogP contribution in [0.3, 0.4) is 0 Å². The number of halogens is 1. The molecule has 3 amide bonds. The molecule has 0 saturated carbocycles. The van der Waals surface area contributed by atoms with E-state index in [1.807, 2.05) is 26.0 Å². The topological polar surface area (TPSA) is 78.5 Å². The van der Waals surface area contributed by atoms with Gasteiger partial charge in [0.1, 0.15) is 5.82 Å². The summed E-state index contributed by atoms with van der Waals surface area (Å²) in [4.78, 5) is 37.4. The number of hydrogen-bond donors (Lipinski definition) is 2. The van der Waals surface area contributed by atoms with Gasteiger partial charge in [0.2, 0.25) is 11.8 Å². The smallest absolute Gasteiger partial charge is 0.251 e. The molecule has 2 aromatic carbocycles. The minimum absolute atomic E-state index is 0.140. The fourth-order valence-electron chi connectivity index (χ4n) is 2.37. The highest BCUT2D eigenvalue weighted by Gasteiger charge is 2.15. The first-order chi connectivity index (χ1) is 12.8. The fourth-order valence-corrected chi connectivity index (χ4v) is 2.37. The monoisotopic (exact) mass is 371 g/mol. The van der Waals surface area contributed by atoms with Crippen molar-refractivity contribution in [3.8, 4) is 0 Å². The van der Waals surface area contributed by atoms with Crippen molar-refractivity contribution in [2.45, 2.75) is 13.8 Å². The zero-order chi connectivity index (χ0) is 20.0. The SMILES string of the molecule is Cc1cccc(NC(=O)CN(C)C(=O)CNC(=O)c2ccc(F)cc2)c1C. The predicted octanol–water partition coefficient (Wildman–Crippen LogP) is 2.27. The lowest BCUT2D eigenvalue weighted by Gasteiger charge is -2.18. The molecule has 0 atom stereocenters. The molecule has 142 valence electrons. The molecular formula is C20H22FN3O3. The van der Waals surface area contributed by atoms with E-state index in [1.54, 1.807) is 6.07 Å². The molecular weight excluding hydrogens is 349 g/mol. The maximum absolute atomic E-state index is 12.9. The van der Waals surface area contributed by atoms with Crippen LogP contribution in [0, 0.1) is 19.7 Å². The summed E-state index contributed by atoms with van der Waals surface area (Å²) in [7, 11) is 1.48.